The second kappa shape index (κ2) is 6.85. The molecule has 0 aromatic rings. The van der Waals surface area contributed by atoms with Crippen molar-refractivity contribution in [3.63, 3.8) is 0 Å². The van der Waals surface area contributed by atoms with E-state index >= 15 is 0 Å². The molecule has 0 aromatic heterocycles. The molecule has 0 spiro atoms. The Bertz CT molecular complexity index is 353. The molecule has 2 N–H and O–H groups in total. The van der Waals surface area contributed by atoms with Gasteiger partial charge in [-0.15, -0.1) is 0 Å². The number of aliphatic hydroxyl groups excluding tert-OH is 1. The Balaban J connectivity index is 2.67. The zero-order valence-corrected chi connectivity index (χ0v) is 12.8. The molecule has 7 heteroatoms. The second-order valence-electron chi connectivity index (χ2n) is 6.95. The molecule has 124 valence electrons. The zero-order valence-electron chi connectivity index (χ0n) is 12.8. The largest absolute Gasteiger partial charge is 0.408 e. The summed E-state index contributed by atoms with van der Waals surface area (Å²) in [5, 5.41) is 11.2. The predicted octanol–water partition coefficient (Wildman–Crippen LogP) is 2.77. The minimum atomic E-state index is -4.46. The first-order valence-corrected chi connectivity index (χ1v) is 7.26. The van der Waals surface area contributed by atoms with Crippen LogP contribution in [0.15, 0.2) is 0 Å². The number of amides is 2. The topological polar surface area (TPSA) is 52.6 Å². The number of nitrogens with zero attached hydrogens (tertiary/aromatic N) is 1. The summed E-state index contributed by atoms with van der Waals surface area (Å²) in [7, 11) is 0. The Labute approximate surface area is 123 Å². The van der Waals surface area contributed by atoms with E-state index in [0.29, 0.717) is 19.5 Å². The summed E-state index contributed by atoms with van der Waals surface area (Å²) in [6, 6.07) is -2.54. The lowest BCUT2D eigenvalue weighted by Crippen LogP contribution is -2.54. The average molecular weight is 310 g/mol. The summed E-state index contributed by atoms with van der Waals surface area (Å²) in [5.74, 6) is -0.0450. The van der Waals surface area contributed by atoms with Gasteiger partial charge >= 0.3 is 12.2 Å². The molecular formula is C14H25F3N2O2. The van der Waals surface area contributed by atoms with Crippen molar-refractivity contribution >= 4 is 6.03 Å². The maximum atomic E-state index is 13.0. The van der Waals surface area contributed by atoms with Crippen LogP contribution in [0.4, 0.5) is 18.0 Å². The van der Waals surface area contributed by atoms with Gasteiger partial charge in [-0.2, -0.15) is 13.2 Å². The highest BCUT2D eigenvalue weighted by Crippen LogP contribution is 2.30. The fourth-order valence-electron chi connectivity index (χ4n) is 2.50. The molecule has 1 aliphatic rings. The summed E-state index contributed by atoms with van der Waals surface area (Å²) < 4.78 is 39.1. The first-order chi connectivity index (χ1) is 9.53. The SMILES string of the molecule is CC(C)(C)C[C@H](NC(=O)N1CCC[C@@H](CO)C1)C(F)(F)F. The number of aliphatic hydroxyl groups is 1. The summed E-state index contributed by atoms with van der Waals surface area (Å²) in [6.07, 6.45) is -3.13. The van der Waals surface area contributed by atoms with Gasteiger partial charge < -0.3 is 15.3 Å². The van der Waals surface area contributed by atoms with E-state index in [1.165, 1.54) is 4.90 Å². The Morgan fingerprint density at radius 2 is 2.00 bits per heavy atom. The number of urea groups is 1. The third kappa shape index (κ3) is 6.11. The minimum absolute atomic E-state index is 0.0450. The molecule has 1 heterocycles. The van der Waals surface area contributed by atoms with Crippen LogP contribution >= 0.6 is 0 Å². The zero-order chi connectivity index (χ0) is 16.3. The van der Waals surface area contributed by atoms with E-state index in [1.54, 1.807) is 20.8 Å². The van der Waals surface area contributed by atoms with E-state index in [2.05, 4.69) is 5.32 Å². The van der Waals surface area contributed by atoms with Crippen molar-refractivity contribution in [1.82, 2.24) is 10.2 Å². The van der Waals surface area contributed by atoms with E-state index < -0.39 is 23.7 Å². The number of halogens is 3. The van der Waals surface area contributed by atoms with E-state index in [-0.39, 0.29) is 18.9 Å². The number of alkyl halides is 3. The van der Waals surface area contributed by atoms with Crippen LogP contribution in [-0.4, -0.2) is 48.0 Å². The molecule has 1 saturated heterocycles. The van der Waals surface area contributed by atoms with Gasteiger partial charge in [0.05, 0.1) is 0 Å². The Morgan fingerprint density at radius 1 is 1.38 bits per heavy atom. The van der Waals surface area contributed by atoms with Crippen molar-refractivity contribution < 1.29 is 23.1 Å². The smallest absolute Gasteiger partial charge is 0.396 e. The van der Waals surface area contributed by atoms with Crippen molar-refractivity contribution in [1.29, 1.82) is 0 Å². The molecule has 2 amide bonds. The molecule has 0 aromatic carbocycles. The maximum absolute atomic E-state index is 13.0. The monoisotopic (exact) mass is 310 g/mol. The highest BCUT2D eigenvalue weighted by molar-refractivity contribution is 5.74. The third-order valence-electron chi connectivity index (χ3n) is 3.57. The number of piperidine rings is 1. The molecule has 0 saturated carbocycles. The number of rotatable bonds is 3. The summed E-state index contributed by atoms with van der Waals surface area (Å²) in [4.78, 5) is 13.4. The van der Waals surface area contributed by atoms with Crippen molar-refractivity contribution in [2.45, 2.75) is 52.3 Å². The maximum Gasteiger partial charge on any atom is 0.408 e. The molecule has 21 heavy (non-hydrogen) atoms. The van der Waals surface area contributed by atoms with Gasteiger partial charge in [-0.1, -0.05) is 20.8 Å². The van der Waals surface area contributed by atoms with Gasteiger partial charge in [0.15, 0.2) is 0 Å². The summed E-state index contributed by atoms with van der Waals surface area (Å²) in [5.41, 5.74) is -0.539. The average Bonchev–Trinajstić information content (AvgIpc) is 2.35. The van der Waals surface area contributed by atoms with Crippen LogP contribution < -0.4 is 5.32 Å². The number of hydrogen-bond acceptors (Lipinski definition) is 2. The van der Waals surface area contributed by atoms with Crippen LogP contribution in [0.1, 0.15) is 40.0 Å². The fourth-order valence-corrected chi connectivity index (χ4v) is 2.50. The molecule has 0 aliphatic carbocycles. The summed E-state index contributed by atoms with van der Waals surface area (Å²) >= 11 is 0. The molecule has 0 unspecified atom stereocenters. The van der Waals surface area contributed by atoms with E-state index in [9.17, 15) is 18.0 Å². The highest BCUT2D eigenvalue weighted by atomic mass is 19.4. The van der Waals surface area contributed by atoms with Crippen LogP contribution in [-0.2, 0) is 0 Å². The molecule has 4 nitrogen and oxygen atoms in total. The van der Waals surface area contributed by atoms with Crippen molar-refractivity contribution in [3.8, 4) is 0 Å². The second-order valence-corrected chi connectivity index (χ2v) is 6.95. The van der Waals surface area contributed by atoms with Crippen LogP contribution in [0.2, 0.25) is 0 Å². The first kappa shape index (κ1) is 18.1. The van der Waals surface area contributed by atoms with Gasteiger partial charge in [0.1, 0.15) is 6.04 Å². The quantitative estimate of drug-likeness (QED) is 0.842. The molecular weight excluding hydrogens is 285 g/mol. The molecule has 1 rings (SSSR count). The van der Waals surface area contributed by atoms with Gasteiger partial charge in [-0.3, -0.25) is 0 Å². The van der Waals surface area contributed by atoms with Gasteiger partial charge in [0, 0.05) is 19.7 Å². The van der Waals surface area contributed by atoms with Crippen LogP contribution in [0.25, 0.3) is 0 Å². The molecule has 2 atom stereocenters. The number of nitrogens with one attached hydrogen (secondary N) is 1. The normalized spacial score (nSPS) is 22.0. The Hall–Kier alpha value is -0.980. The van der Waals surface area contributed by atoms with Crippen molar-refractivity contribution in [3.05, 3.63) is 0 Å². The molecule has 0 bridgehead atoms. The Morgan fingerprint density at radius 3 is 2.48 bits per heavy atom. The molecule has 0 radical (unpaired) electrons. The number of likely N-dealkylation sites (tertiary alicyclic amines) is 1. The minimum Gasteiger partial charge on any atom is -0.396 e. The Kier molecular flexibility index (Phi) is 5.90. The van der Waals surface area contributed by atoms with Gasteiger partial charge in [0.2, 0.25) is 0 Å². The number of carbonyl (C=O) groups excluding carboxylic acids is 1. The standard InChI is InChI=1S/C14H25F3N2O2/c1-13(2,3)7-11(14(15,16)17)18-12(21)19-6-4-5-10(8-19)9-20/h10-11,20H,4-9H2,1-3H3,(H,18,21)/t10-,11+/m1/s1. The molecule has 1 fully saturated rings. The van der Waals surface area contributed by atoms with E-state index in [0.717, 1.165) is 6.42 Å². The van der Waals surface area contributed by atoms with E-state index in [1.807, 2.05) is 0 Å². The van der Waals surface area contributed by atoms with Crippen molar-refractivity contribution in [2.75, 3.05) is 19.7 Å². The van der Waals surface area contributed by atoms with Gasteiger partial charge in [-0.05, 0) is 30.6 Å². The molecule has 1 aliphatic heterocycles. The predicted molar refractivity (Wildman–Crippen MR) is 73.8 cm³/mol. The van der Waals surface area contributed by atoms with Gasteiger partial charge in [0.25, 0.3) is 0 Å². The van der Waals surface area contributed by atoms with Gasteiger partial charge in [-0.25, -0.2) is 4.79 Å². The third-order valence-corrected chi connectivity index (χ3v) is 3.57. The fraction of sp³-hybridized carbons (Fsp3) is 0.929. The highest BCUT2D eigenvalue weighted by Gasteiger charge is 2.43. The van der Waals surface area contributed by atoms with Crippen LogP contribution in [0.3, 0.4) is 0 Å². The summed E-state index contributed by atoms with van der Waals surface area (Å²) in [6.45, 7) is 5.82. The van der Waals surface area contributed by atoms with Crippen molar-refractivity contribution in [2.24, 2.45) is 11.3 Å². The number of hydrogen-bond donors (Lipinski definition) is 2. The van der Waals surface area contributed by atoms with Crippen LogP contribution in [0, 0.1) is 11.3 Å². The first-order valence-electron chi connectivity index (χ1n) is 7.26. The van der Waals surface area contributed by atoms with E-state index in [4.69, 9.17) is 5.11 Å². The lowest BCUT2D eigenvalue weighted by atomic mass is 9.88. The number of carbonyl (C=O) groups is 1. The lowest BCUT2D eigenvalue weighted by molar-refractivity contribution is -0.159. The van der Waals surface area contributed by atoms with Crippen LogP contribution in [0.5, 0.6) is 0 Å². The lowest BCUT2D eigenvalue weighted by Gasteiger charge is -2.35.